The lowest BCUT2D eigenvalue weighted by atomic mass is 9.96. The van der Waals surface area contributed by atoms with Crippen molar-refractivity contribution in [3.8, 4) is 11.3 Å². The molecule has 0 amide bonds. The molecule has 0 aliphatic heterocycles. The van der Waals surface area contributed by atoms with E-state index in [-0.39, 0.29) is 29.4 Å². The molecular formula is C25H24F3N5O2. The molecule has 0 unspecified atom stereocenters. The van der Waals surface area contributed by atoms with Gasteiger partial charge < -0.3 is 0 Å². The molecule has 182 valence electrons. The molecule has 7 nitrogen and oxygen atoms in total. The molecule has 0 aliphatic carbocycles. The molecule has 0 N–H and O–H groups in total. The van der Waals surface area contributed by atoms with E-state index in [2.05, 4.69) is 15.1 Å². The summed E-state index contributed by atoms with van der Waals surface area (Å²) < 4.78 is 43.7. The summed E-state index contributed by atoms with van der Waals surface area (Å²) in [7, 11) is 0. The van der Waals surface area contributed by atoms with Crippen LogP contribution in [0, 0.1) is 0 Å². The second-order valence-corrected chi connectivity index (χ2v) is 8.30. The number of imidazole rings is 1. The van der Waals surface area contributed by atoms with Gasteiger partial charge in [0, 0.05) is 37.0 Å². The zero-order chi connectivity index (χ0) is 25.3. The number of alkyl halides is 3. The van der Waals surface area contributed by atoms with E-state index in [1.54, 1.807) is 10.6 Å². The number of hydrogen-bond acceptors (Lipinski definition) is 5. The Morgan fingerprint density at radius 1 is 1.11 bits per heavy atom. The predicted octanol–water partition coefficient (Wildman–Crippen LogP) is 4.95. The first-order valence-corrected chi connectivity index (χ1v) is 11.2. The Kier molecular flexibility index (Phi) is 6.56. The molecule has 4 rings (SSSR count). The van der Waals surface area contributed by atoms with Gasteiger partial charge in [0.2, 0.25) is 0 Å². The maximum absolute atomic E-state index is 13.7. The fourth-order valence-electron chi connectivity index (χ4n) is 4.13. The average molecular weight is 483 g/mol. The van der Waals surface area contributed by atoms with E-state index in [0.717, 1.165) is 15.8 Å². The van der Waals surface area contributed by atoms with Crippen molar-refractivity contribution in [3.63, 3.8) is 0 Å². The molecule has 0 spiro atoms. The van der Waals surface area contributed by atoms with Gasteiger partial charge in [-0.25, -0.2) is 4.98 Å². The van der Waals surface area contributed by atoms with Crippen molar-refractivity contribution in [2.45, 2.75) is 52.8 Å². The molecule has 0 fully saturated rings. The van der Waals surface area contributed by atoms with E-state index in [1.807, 2.05) is 32.0 Å². The Balaban J connectivity index is 1.76. The van der Waals surface area contributed by atoms with Crippen LogP contribution in [0.5, 0.6) is 0 Å². The standard InChI is InChI=1S/C25H24F3N5O2/c1-4-17-10-16(6-7-18(17)22(35)5-2)11-20-24-30-12-21(33(24)9-8-29-20)19-14-32(13-15(3)34)31-23(19)25(26,27)28/h6-10,12,14H,4-5,11,13H2,1-3H3. The molecule has 10 heteroatoms. The third kappa shape index (κ3) is 4.87. The van der Waals surface area contributed by atoms with Crippen LogP contribution in [0.4, 0.5) is 13.2 Å². The lowest BCUT2D eigenvalue weighted by molar-refractivity contribution is -0.141. The van der Waals surface area contributed by atoms with Crippen LogP contribution in [0.15, 0.2) is 43.0 Å². The van der Waals surface area contributed by atoms with E-state index in [0.29, 0.717) is 36.2 Å². The summed E-state index contributed by atoms with van der Waals surface area (Å²) in [6, 6.07) is 5.65. The quantitative estimate of drug-likeness (QED) is 0.332. The highest BCUT2D eigenvalue weighted by molar-refractivity contribution is 5.97. The van der Waals surface area contributed by atoms with Gasteiger partial charge in [0.25, 0.3) is 0 Å². The Bertz CT molecular complexity index is 1420. The molecule has 4 aromatic rings. The van der Waals surface area contributed by atoms with Crippen LogP contribution in [0.3, 0.4) is 0 Å². The number of aromatic nitrogens is 5. The second kappa shape index (κ2) is 9.44. The normalized spacial score (nSPS) is 11.8. The van der Waals surface area contributed by atoms with Gasteiger partial charge >= 0.3 is 6.18 Å². The molecule has 0 radical (unpaired) electrons. The van der Waals surface area contributed by atoms with Crippen LogP contribution in [0.25, 0.3) is 16.9 Å². The number of hydrogen-bond donors (Lipinski definition) is 0. The molecule has 0 bridgehead atoms. The zero-order valence-corrected chi connectivity index (χ0v) is 19.6. The number of benzene rings is 1. The van der Waals surface area contributed by atoms with E-state index < -0.39 is 11.9 Å². The van der Waals surface area contributed by atoms with E-state index >= 15 is 0 Å². The number of aryl methyl sites for hydroxylation is 1. The van der Waals surface area contributed by atoms with Crippen molar-refractivity contribution < 1.29 is 22.8 Å². The Morgan fingerprint density at radius 2 is 1.89 bits per heavy atom. The molecule has 3 aromatic heterocycles. The number of halogens is 3. The summed E-state index contributed by atoms with van der Waals surface area (Å²) in [5, 5.41) is 3.61. The van der Waals surface area contributed by atoms with Crippen LogP contribution < -0.4 is 0 Å². The monoisotopic (exact) mass is 483 g/mol. The predicted molar refractivity (Wildman–Crippen MR) is 123 cm³/mol. The minimum atomic E-state index is -4.70. The van der Waals surface area contributed by atoms with Gasteiger partial charge in [-0.15, -0.1) is 0 Å². The van der Waals surface area contributed by atoms with Crippen LogP contribution in [-0.2, 0) is 30.4 Å². The Labute approximate surface area is 199 Å². The molecule has 35 heavy (non-hydrogen) atoms. The SMILES string of the molecule is CCC(=O)c1ccc(Cc2nccn3c(-c4cn(CC(C)=O)nc4C(F)(F)F)cnc23)cc1CC. The van der Waals surface area contributed by atoms with Gasteiger partial charge in [-0.1, -0.05) is 32.0 Å². The Morgan fingerprint density at radius 3 is 2.54 bits per heavy atom. The summed E-state index contributed by atoms with van der Waals surface area (Å²) in [6.45, 7) is 4.83. The van der Waals surface area contributed by atoms with Gasteiger partial charge in [0.05, 0.1) is 29.7 Å². The summed E-state index contributed by atoms with van der Waals surface area (Å²) >= 11 is 0. The van der Waals surface area contributed by atoms with Gasteiger partial charge in [0.15, 0.2) is 22.9 Å². The van der Waals surface area contributed by atoms with Gasteiger partial charge in [-0.05, 0) is 24.5 Å². The highest BCUT2D eigenvalue weighted by atomic mass is 19.4. The van der Waals surface area contributed by atoms with Crippen LogP contribution >= 0.6 is 0 Å². The van der Waals surface area contributed by atoms with Gasteiger partial charge in [-0.3, -0.25) is 23.7 Å². The first kappa shape index (κ1) is 24.3. The van der Waals surface area contributed by atoms with E-state index in [9.17, 15) is 22.8 Å². The summed E-state index contributed by atoms with van der Waals surface area (Å²) in [6.07, 6.45) is 2.43. The van der Waals surface area contributed by atoms with Crippen LogP contribution in [0.2, 0.25) is 0 Å². The van der Waals surface area contributed by atoms with Crippen molar-refractivity contribution in [2.75, 3.05) is 0 Å². The van der Waals surface area contributed by atoms with Crippen molar-refractivity contribution in [3.05, 3.63) is 71.1 Å². The fraction of sp³-hybridized carbons (Fsp3) is 0.320. The number of Topliss-reactive ketones (excluding diaryl/α,β-unsaturated/α-hetero) is 2. The van der Waals surface area contributed by atoms with Crippen molar-refractivity contribution >= 4 is 17.2 Å². The maximum Gasteiger partial charge on any atom is 0.435 e. The highest BCUT2D eigenvalue weighted by Crippen LogP contribution is 2.36. The topological polar surface area (TPSA) is 82.2 Å². The minimum absolute atomic E-state index is 0.0808. The third-order valence-corrected chi connectivity index (χ3v) is 5.74. The number of nitrogens with zero attached hydrogens (tertiary/aromatic N) is 5. The summed E-state index contributed by atoms with van der Waals surface area (Å²) in [5.74, 6) is -0.229. The Hall–Kier alpha value is -3.82. The van der Waals surface area contributed by atoms with Gasteiger partial charge in [-0.2, -0.15) is 18.3 Å². The maximum atomic E-state index is 13.7. The molecule has 1 aromatic carbocycles. The number of rotatable bonds is 8. The molecule has 3 heterocycles. The molecular weight excluding hydrogens is 459 g/mol. The van der Waals surface area contributed by atoms with Crippen LogP contribution in [-0.4, -0.2) is 35.7 Å². The number of carbonyl (C=O) groups excluding carboxylic acids is 2. The van der Waals surface area contributed by atoms with Crippen molar-refractivity contribution in [1.82, 2.24) is 24.1 Å². The summed E-state index contributed by atoms with van der Waals surface area (Å²) in [4.78, 5) is 32.4. The lowest BCUT2D eigenvalue weighted by Gasteiger charge is -2.10. The first-order chi connectivity index (χ1) is 16.6. The van der Waals surface area contributed by atoms with Crippen molar-refractivity contribution in [2.24, 2.45) is 0 Å². The van der Waals surface area contributed by atoms with E-state index in [4.69, 9.17) is 0 Å². The molecule has 0 saturated heterocycles. The smallest absolute Gasteiger partial charge is 0.298 e. The lowest BCUT2D eigenvalue weighted by Crippen LogP contribution is -2.11. The third-order valence-electron chi connectivity index (χ3n) is 5.74. The van der Waals surface area contributed by atoms with Gasteiger partial charge in [0.1, 0.15) is 0 Å². The molecule has 0 saturated carbocycles. The van der Waals surface area contributed by atoms with Crippen molar-refractivity contribution in [1.29, 1.82) is 0 Å². The first-order valence-electron chi connectivity index (χ1n) is 11.2. The zero-order valence-electron chi connectivity index (χ0n) is 19.6. The second-order valence-electron chi connectivity index (χ2n) is 8.30. The number of fused-ring (bicyclic) bond motifs is 1. The summed E-state index contributed by atoms with van der Waals surface area (Å²) in [5.41, 5.74) is 2.52. The van der Waals surface area contributed by atoms with E-state index in [1.165, 1.54) is 25.5 Å². The minimum Gasteiger partial charge on any atom is -0.298 e. The molecule has 0 atom stereocenters. The average Bonchev–Trinajstić information content (AvgIpc) is 3.42. The number of carbonyl (C=O) groups is 2. The largest absolute Gasteiger partial charge is 0.435 e. The highest BCUT2D eigenvalue weighted by Gasteiger charge is 2.38. The fourth-order valence-corrected chi connectivity index (χ4v) is 4.13. The van der Waals surface area contributed by atoms with Crippen LogP contribution in [0.1, 0.15) is 60.1 Å². The molecule has 0 aliphatic rings. The number of ketones is 2.